The first kappa shape index (κ1) is 11.1. The molecule has 16 heavy (non-hydrogen) atoms. The molecular formula is C12H14N2OS. The van der Waals surface area contributed by atoms with Crippen LogP contribution in [0.4, 0.5) is 0 Å². The van der Waals surface area contributed by atoms with E-state index in [1.807, 2.05) is 25.3 Å². The van der Waals surface area contributed by atoms with Crippen molar-refractivity contribution in [2.45, 2.75) is 19.4 Å². The molecule has 0 aliphatic carbocycles. The molecule has 3 nitrogen and oxygen atoms in total. The van der Waals surface area contributed by atoms with Crippen molar-refractivity contribution in [3.8, 4) is 5.75 Å². The highest BCUT2D eigenvalue weighted by Crippen LogP contribution is 2.22. The molecule has 0 saturated heterocycles. The van der Waals surface area contributed by atoms with Crippen LogP contribution in [0.3, 0.4) is 0 Å². The molecule has 1 unspecified atom stereocenters. The van der Waals surface area contributed by atoms with Crippen molar-refractivity contribution in [2.75, 3.05) is 0 Å². The number of rotatable bonds is 3. The van der Waals surface area contributed by atoms with Crippen LogP contribution in [-0.4, -0.2) is 10.1 Å². The summed E-state index contributed by atoms with van der Waals surface area (Å²) >= 11 is 1.62. The van der Waals surface area contributed by atoms with E-state index in [9.17, 15) is 5.11 Å². The second kappa shape index (κ2) is 4.63. The van der Waals surface area contributed by atoms with Crippen molar-refractivity contribution in [3.05, 3.63) is 45.9 Å². The molecule has 1 atom stereocenters. The fourth-order valence-corrected chi connectivity index (χ4v) is 2.37. The Kier molecular flexibility index (Phi) is 3.22. The van der Waals surface area contributed by atoms with E-state index in [0.717, 1.165) is 21.9 Å². The molecule has 4 heteroatoms. The number of hydrogen-bond donors (Lipinski definition) is 2. The Hall–Kier alpha value is -1.39. The second-order valence-electron chi connectivity index (χ2n) is 3.79. The highest BCUT2D eigenvalue weighted by molar-refractivity contribution is 7.11. The summed E-state index contributed by atoms with van der Waals surface area (Å²) in [6.45, 7) is 1.95. The van der Waals surface area contributed by atoms with Gasteiger partial charge in [-0.3, -0.25) is 0 Å². The van der Waals surface area contributed by atoms with Crippen molar-refractivity contribution < 1.29 is 5.11 Å². The minimum atomic E-state index is 0.0374. The number of phenols is 1. The van der Waals surface area contributed by atoms with E-state index < -0.39 is 0 Å². The van der Waals surface area contributed by atoms with Crippen molar-refractivity contribution in [1.82, 2.24) is 4.98 Å². The van der Waals surface area contributed by atoms with Gasteiger partial charge in [0.15, 0.2) is 0 Å². The van der Waals surface area contributed by atoms with E-state index in [2.05, 4.69) is 4.98 Å². The van der Waals surface area contributed by atoms with Crippen LogP contribution in [0.2, 0.25) is 0 Å². The number of hydrogen-bond acceptors (Lipinski definition) is 4. The molecule has 2 rings (SSSR count). The molecule has 0 amide bonds. The van der Waals surface area contributed by atoms with Gasteiger partial charge in [0.1, 0.15) is 5.75 Å². The summed E-state index contributed by atoms with van der Waals surface area (Å²) < 4.78 is 0. The van der Waals surface area contributed by atoms with Crippen LogP contribution in [0.5, 0.6) is 5.75 Å². The molecule has 0 aliphatic rings. The molecule has 0 aliphatic heterocycles. The van der Waals surface area contributed by atoms with Crippen LogP contribution in [0.25, 0.3) is 0 Å². The zero-order valence-electron chi connectivity index (χ0n) is 9.05. The van der Waals surface area contributed by atoms with Crippen LogP contribution in [0, 0.1) is 0 Å². The topological polar surface area (TPSA) is 59.1 Å². The third-order valence-corrected chi connectivity index (χ3v) is 3.48. The molecule has 1 heterocycles. The lowest BCUT2D eigenvalue weighted by Gasteiger charge is -1.99. The molecule has 0 bridgehead atoms. The lowest BCUT2D eigenvalue weighted by Crippen LogP contribution is -2.01. The highest BCUT2D eigenvalue weighted by Gasteiger charge is 2.06. The Labute approximate surface area is 98.6 Å². The Balaban J connectivity index is 2.14. The average Bonchev–Trinajstić information content (AvgIpc) is 2.66. The zero-order valence-corrected chi connectivity index (χ0v) is 9.87. The number of phenolic OH excluding ortho intramolecular Hbond substituents is 1. The van der Waals surface area contributed by atoms with Crippen LogP contribution < -0.4 is 5.73 Å². The molecule has 0 saturated carbocycles. The summed E-state index contributed by atoms with van der Waals surface area (Å²) in [5.41, 5.74) is 6.84. The van der Waals surface area contributed by atoms with Crippen molar-refractivity contribution in [1.29, 1.82) is 0 Å². The molecule has 84 valence electrons. The van der Waals surface area contributed by atoms with Gasteiger partial charge in [0, 0.05) is 23.5 Å². The Morgan fingerprint density at radius 1 is 1.50 bits per heavy atom. The highest BCUT2D eigenvalue weighted by atomic mass is 32.1. The molecular weight excluding hydrogens is 220 g/mol. The van der Waals surface area contributed by atoms with E-state index in [0.29, 0.717) is 5.75 Å². The first-order chi connectivity index (χ1) is 7.65. The van der Waals surface area contributed by atoms with Gasteiger partial charge in [-0.25, -0.2) is 4.98 Å². The van der Waals surface area contributed by atoms with E-state index in [-0.39, 0.29) is 6.04 Å². The summed E-state index contributed by atoms with van der Waals surface area (Å²) in [6.07, 6.45) is 2.57. The molecule has 1 aromatic heterocycles. The van der Waals surface area contributed by atoms with Gasteiger partial charge in [-0.1, -0.05) is 12.1 Å². The largest absolute Gasteiger partial charge is 0.508 e. The monoisotopic (exact) mass is 234 g/mol. The third-order valence-electron chi connectivity index (χ3n) is 2.29. The number of aromatic nitrogens is 1. The maximum absolute atomic E-state index is 9.35. The van der Waals surface area contributed by atoms with Crippen molar-refractivity contribution in [3.63, 3.8) is 0 Å². The molecule has 0 fully saturated rings. The maximum atomic E-state index is 9.35. The lowest BCUT2D eigenvalue weighted by atomic mass is 10.1. The Morgan fingerprint density at radius 2 is 2.31 bits per heavy atom. The van der Waals surface area contributed by atoms with Gasteiger partial charge in [0.25, 0.3) is 0 Å². The maximum Gasteiger partial charge on any atom is 0.115 e. The summed E-state index contributed by atoms with van der Waals surface area (Å²) in [7, 11) is 0. The fraction of sp³-hybridized carbons (Fsp3) is 0.250. The van der Waals surface area contributed by atoms with Crippen LogP contribution >= 0.6 is 11.3 Å². The standard InChI is InChI=1S/C12H14N2OS/c1-8(13)11-7-14-12(16-11)6-9-3-2-4-10(15)5-9/h2-5,7-8,15H,6,13H2,1H3. The summed E-state index contributed by atoms with van der Waals surface area (Å²) in [5, 5.41) is 10.4. The number of nitrogens with zero attached hydrogens (tertiary/aromatic N) is 1. The smallest absolute Gasteiger partial charge is 0.115 e. The third kappa shape index (κ3) is 2.59. The number of nitrogens with two attached hydrogens (primary N) is 1. The lowest BCUT2D eigenvalue weighted by molar-refractivity contribution is 0.474. The number of benzene rings is 1. The van der Waals surface area contributed by atoms with E-state index in [4.69, 9.17) is 5.73 Å². The van der Waals surface area contributed by atoms with E-state index in [1.165, 1.54) is 0 Å². The fourth-order valence-electron chi connectivity index (χ4n) is 1.46. The van der Waals surface area contributed by atoms with Gasteiger partial charge < -0.3 is 10.8 Å². The second-order valence-corrected chi connectivity index (χ2v) is 4.94. The summed E-state index contributed by atoms with van der Waals surface area (Å²) in [4.78, 5) is 5.41. The Morgan fingerprint density at radius 3 is 2.94 bits per heavy atom. The van der Waals surface area contributed by atoms with Gasteiger partial charge in [-0.15, -0.1) is 11.3 Å². The number of thiazole rings is 1. The van der Waals surface area contributed by atoms with Crippen molar-refractivity contribution >= 4 is 11.3 Å². The van der Waals surface area contributed by atoms with Crippen molar-refractivity contribution in [2.24, 2.45) is 5.73 Å². The van der Waals surface area contributed by atoms with Crippen LogP contribution in [0.1, 0.15) is 28.4 Å². The molecule has 0 radical (unpaired) electrons. The van der Waals surface area contributed by atoms with Gasteiger partial charge in [0.2, 0.25) is 0 Å². The van der Waals surface area contributed by atoms with Gasteiger partial charge in [0.05, 0.1) is 5.01 Å². The molecule has 2 aromatic rings. The van der Waals surface area contributed by atoms with E-state index >= 15 is 0 Å². The molecule has 0 spiro atoms. The molecule has 3 N–H and O–H groups in total. The first-order valence-corrected chi connectivity index (χ1v) is 5.95. The number of aromatic hydroxyl groups is 1. The predicted octanol–water partition coefficient (Wildman–Crippen LogP) is 2.46. The first-order valence-electron chi connectivity index (χ1n) is 5.13. The summed E-state index contributed by atoms with van der Waals surface area (Å²) in [6, 6.07) is 7.28. The minimum absolute atomic E-state index is 0.0374. The van der Waals surface area contributed by atoms with Gasteiger partial charge in [-0.2, -0.15) is 0 Å². The SMILES string of the molecule is CC(N)c1cnc(Cc2cccc(O)c2)s1. The summed E-state index contributed by atoms with van der Waals surface area (Å²) in [5.74, 6) is 0.293. The molecule has 1 aromatic carbocycles. The van der Waals surface area contributed by atoms with Gasteiger partial charge in [-0.05, 0) is 24.6 Å². The predicted molar refractivity (Wildman–Crippen MR) is 65.6 cm³/mol. The van der Waals surface area contributed by atoms with E-state index in [1.54, 1.807) is 23.5 Å². The Bertz CT molecular complexity index is 479. The van der Waals surface area contributed by atoms with Gasteiger partial charge >= 0.3 is 0 Å². The zero-order chi connectivity index (χ0) is 11.5. The van der Waals surface area contributed by atoms with Crippen LogP contribution in [0.15, 0.2) is 30.5 Å². The normalized spacial score (nSPS) is 12.6. The van der Waals surface area contributed by atoms with Crippen LogP contribution in [-0.2, 0) is 6.42 Å². The quantitative estimate of drug-likeness (QED) is 0.857. The minimum Gasteiger partial charge on any atom is -0.508 e. The average molecular weight is 234 g/mol.